The van der Waals surface area contributed by atoms with Crippen molar-refractivity contribution in [1.29, 1.82) is 0 Å². The predicted molar refractivity (Wildman–Crippen MR) is 52.0 cm³/mol. The van der Waals surface area contributed by atoms with Crippen LogP contribution in [0.15, 0.2) is 17.1 Å². The second-order valence-electron chi connectivity index (χ2n) is 2.61. The molecule has 0 saturated heterocycles. The molecule has 0 amide bonds. The molecule has 0 aromatic carbocycles. The molecule has 0 aliphatic carbocycles. The second-order valence-corrected chi connectivity index (χ2v) is 3.02. The highest BCUT2D eigenvalue weighted by molar-refractivity contribution is 6.30. The zero-order valence-corrected chi connectivity index (χ0v) is 8.04. The number of aromatic nitrogens is 1. The van der Waals surface area contributed by atoms with Gasteiger partial charge >= 0.3 is 0 Å². The molecule has 13 heavy (non-hydrogen) atoms. The Morgan fingerprint density at radius 3 is 3.00 bits per heavy atom. The third-order valence-electron chi connectivity index (χ3n) is 1.60. The number of pyridine rings is 1. The molecule has 0 radical (unpaired) electrons. The Labute approximate surface area is 80.9 Å². The minimum Gasteiger partial charge on any atom is -0.397 e. The van der Waals surface area contributed by atoms with Gasteiger partial charge in [-0.1, -0.05) is 11.6 Å². The van der Waals surface area contributed by atoms with Gasteiger partial charge in [-0.2, -0.15) is 0 Å². The van der Waals surface area contributed by atoms with E-state index in [-0.39, 0.29) is 10.6 Å². The first kappa shape index (κ1) is 10.1. The van der Waals surface area contributed by atoms with Gasteiger partial charge in [0.05, 0.1) is 6.61 Å². The Morgan fingerprint density at radius 2 is 2.38 bits per heavy atom. The number of methoxy groups -OCH3 is 1. The van der Waals surface area contributed by atoms with Crippen LogP contribution >= 0.6 is 11.6 Å². The molecular formula is C8H11ClN2O2. The lowest BCUT2D eigenvalue weighted by Crippen LogP contribution is -2.22. The van der Waals surface area contributed by atoms with Crippen molar-refractivity contribution < 1.29 is 4.74 Å². The van der Waals surface area contributed by atoms with Crippen molar-refractivity contribution in [2.24, 2.45) is 0 Å². The molecule has 72 valence electrons. The van der Waals surface area contributed by atoms with Crippen LogP contribution in [0, 0.1) is 0 Å². The lowest BCUT2D eigenvalue weighted by atomic mass is 10.4. The van der Waals surface area contributed by atoms with Gasteiger partial charge in [0.25, 0.3) is 5.56 Å². The largest absolute Gasteiger partial charge is 0.397 e. The summed E-state index contributed by atoms with van der Waals surface area (Å²) >= 11 is 5.64. The highest BCUT2D eigenvalue weighted by Gasteiger charge is 2.01. The van der Waals surface area contributed by atoms with Crippen LogP contribution in [0.4, 0.5) is 5.69 Å². The van der Waals surface area contributed by atoms with Gasteiger partial charge in [-0.3, -0.25) is 4.79 Å². The Hall–Kier alpha value is -1.00. The quantitative estimate of drug-likeness (QED) is 0.786. The van der Waals surface area contributed by atoms with Crippen LogP contribution in [-0.4, -0.2) is 18.3 Å². The van der Waals surface area contributed by atoms with Gasteiger partial charge < -0.3 is 15.0 Å². The van der Waals surface area contributed by atoms with E-state index in [0.717, 1.165) is 0 Å². The first-order chi connectivity index (χ1) is 6.15. The van der Waals surface area contributed by atoms with E-state index in [4.69, 9.17) is 22.1 Å². The summed E-state index contributed by atoms with van der Waals surface area (Å²) in [7, 11) is 1.57. The Kier molecular flexibility index (Phi) is 3.33. The fourth-order valence-corrected chi connectivity index (χ4v) is 1.21. The molecule has 0 atom stereocenters. The van der Waals surface area contributed by atoms with Crippen molar-refractivity contribution in [3.63, 3.8) is 0 Å². The lowest BCUT2D eigenvalue weighted by Gasteiger charge is -2.05. The van der Waals surface area contributed by atoms with Crippen LogP contribution in [0.2, 0.25) is 5.02 Å². The number of hydrogen-bond donors (Lipinski definition) is 1. The monoisotopic (exact) mass is 202 g/mol. The SMILES string of the molecule is COCCn1cc(N)cc(Cl)c1=O. The van der Waals surface area contributed by atoms with Crippen molar-refractivity contribution in [2.75, 3.05) is 19.5 Å². The van der Waals surface area contributed by atoms with E-state index in [1.807, 2.05) is 0 Å². The number of nitrogens with zero attached hydrogens (tertiary/aromatic N) is 1. The molecule has 1 rings (SSSR count). The number of nitrogens with two attached hydrogens (primary N) is 1. The molecule has 2 N–H and O–H groups in total. The lowest BCUT2D eigenvalue weighted by molar-refractivity contribution is 0.186. The number of anilines is 1. The summed E-state index contributed by atoms with van der Waals surface area (Å²) in [6.45, 7) is 0.916. The number of ether oxygens (including phenoxy) is 1. The standard InChI is InChI=1S/C8H11ClN2O2/c1-13-3-2-11-5-6(10)4-7(9)8(11)12/h4-5H,2-3,10H2,1H3. The maximum Gasteiger partial charge on any atom is 0.269 e. The molecule has 0 fully saturated rings. The van der Waals surface area contributed by atoms with Gasteiger partial charge in [0.15, 0.2) is 0 Å². The van der Waals surface area contributed by atoms with Crippen LogP contribution in [-0.2, 0) is 11.3 Å². The number of halogens is 1. The highest BCUT2D eigenvalue weighted by atomic mass is 35.5. The van der Waals surface area contributed by atoms with Crippen molar-refractivity contribution in [1.82, 2.24) is 4.57 Å². The molecule has 1 aromatic heterocycles. The Morgan fingerprint density at radius 1 is 1.69 bits per heavy atom. The van der Waals surface area contributed by atoms with Crippen molar-refractivity contribution >= 4 is 17.3 Å². The minimum atomic E-state index is -0.243. The molecular weight excluding hydrogens is 192 g/mol. The van der Waals surface area contributed by atoms with Crippen molar-refractivity contribution in [3.8, 4) is 0 Å². The third-order valence-corrected chi connectivity index (χ3v) is 1.87. The topological polar surface area (TPSA) is 57.2 Å². The van der Waals surface area contributed by atoms with Gasteiger partial charge in [0.2, 0.25) is 0 Å². The Balaban J connectivity index is 2.99. The second kappa shape index (κ2) is 4.30. The van der Waals surface area contributed by atoms with Gasteiger partial charge in [-0.05, 0) is 6.07 Å². The molecule has 1 heterocycles. The first-order valence-electron chi connectivity index (χ1n) is 3.79. The number of hydrogen-bond acceptors (Lipinski definition) is 3. The minimum absolute atomic E-state index is 0.135. The summed E-state index contributed by atoms with van der Waals surface area (Å²) in [5, 5.41) is 0.135. The van der Waals surface area contributed by atoms with E-state index >= 15 is 0 Å². The van der Waals surface area contributed by atoms with E-state index in [0.29, 0.717) is 18.8 Å². The molecule has 1 aromatic rings. The van der Waals surface area contributed by atoms with Crippen molar-refractivity contribution in [2.45, 2.75) is 6.54 Å². The van der Waals surface area contributed by atoms with Gasteiger partial charge in [0, 0.05) is 25.5 Å². The van der Waals surface area contributed by atoms with E-state index < -0.39 is 0 Å². The molecule has 0 aliphatic heterocycles. The predicted octanol–water partition coefficient (Wildman–Crippen LogP) is 0.730. The average Bonchev–Trinajstić information content (AvgIpc) is 2.09. The van der Waals surface area contributed by atoms with Crippen LogP contribution in [0.3, 0.4) is 0 Å². The maximum absolute atomic E-state index is 11.3. The summed E-state index contributed by atoms with van der Waals surface area (Å²) in [5.74, 6) is 0. The first-order valence-corrected chi connectivity index (χ1v) is 4.17. The van der Waals surface area contributed by atoms with E-state index in [2.05, 4.69) is 0 Å². The molecule has 4 nitrogen and oxygen atoms in total. The van der Waals surface area contributed by atoms with E-state index in [1.54, 1.807) is 13.3 Å². The number of nitrogen functional groups attached to an aromatic ring is 1. The summed E-state index contributed by atoms with van der Waals surface area (Å²) in [6.07, 6.45) is 1.55. The molecule has 0 saturated carbocycles. The third kappa shape index (κ3) is 2.47. The molecule has 0 spiro atoms. The molecule has 0 unspecified atom stereocenters. The Bertz CT molecular complexity index is 348. The summed E-state index contributed by atoms with van der Waals surface area (Å²) < 4.78 is 6.27. The zero-order chi connectivity index (χ0) is 9.84. The van der Waals surface area contributed by atoms with Gasteiger partial charge in [-0.15, -0.1) is 0 Å². The maximum atomic E-state index is 11.3. The van der Waals surface area contributed by atoms with Crippen LogP contribution in [0.5, 0.6) is 0 Å². The van der Waals surface area contributed by atoms with Crippen LogP contribution < -0.4 is 11.3 Å². The zero-order valence-electron chi connectivity index (χ0n) is 7.29. The molecule has 0 aliphatic rings. The van der Waals surface area contributed by atoms with Crippen LogP contribution in [0.25, 0.3) is 0 Å². The van der Waals surface area contributed by atoms with Gasteiger partial charge in [-0.25, -0.2) is 0 Å². The smallest absolute Gasteiger partial charge is 0.269 e. The average molecular weight is 203 g/mol. The number of rotatable bonds is 3. The van der Waals surface area contributed by atoms with Gasteiger partial charge in [0.1, 0.15) is 5.02 Å². The normalized spacial score (nSPS) is 10.3. The fraction of sp³-hybridized carbons (Fsp3) is 0.375. The van der Waals surface area contributed by atoms with Crippen LogP contribution in [0.1, 0.15) is 0 Å². The fourth-order valence-electron chi connectivity index (χ4n) is 0.977. The molecule has 5 heteroatoms. The van der Waals surface area contributed by atoms with E-state index in [9.17, 15) is 4.79 Å². The van der Waals surface area contributed by atoms with E-state index in [1.165, 1.54) is 10.6 Å². The molecule has 0 bridgehead atoms. The van der Waals surface area contributed by atoms with Crippen molar-refractivity contribution in [3.05, 3.63) is 27.6 Å². The summed E-state index contributed by atoms with van der Waals surface area (Å²) in [6, 6.07) is 1.44. The summed E-state index contributed by atoms with van der Waals surface area (Å²) in [4.78, 5) is 11.3. The summed E-state index contributed by atoms with van der Waals surface area (Å²) in [5.41, 5.74) is 5.75. The highest BCUT2D eigenvalue weighted by Crippen LogP contribution is 2.06.